The first-order valence-corrected chi connectivity index (χ1v) is 4.19. The maximum Gasteiger partial charge on any atom is 0.246 e. The third-order valence-corrected chi connectivity index (χ3v) is 1.50. The van der Waals surface area contributed by atoms with Gasteiger partial charge in [0.15, 0.2) is 5.96 Å². The molecule has 0 aromatic carbocycles. The molecule has 0 radical (unpaired) electrons. The molecule has 14 heavy (non-hydrogen) atoms. The second-order valence-corrected chi connectivity index (χ2v) is 2.58. The summed E-state index contributed by atoms with van der Waals surface area (Å²) in [7, 11) is 0. The summed E-state index contributed by atoms with van der Waals surface area (Å²) in [6.45, 7) is 8.24. The molecule has 1 amide bonds. The van der Waals surface area contributed by atoms with Crippen LogP contribution in [-0.4, -0.2) is 36.4 Å². The lowest BCUT2D eigenvalue weighted by Gasteiger charge is -2.17. The first-order valence-electron chi connectivity index (χ1n) is 4.19. The highest BCUT2D eigenvalue weighted by Crippen LogP contribution is 1.91. The molecule has 0 aliphatic carbocycles. The van der Waals surface area contributed by atoms with Gasteiger partial charge in [0.25, 0.3) is 0 Å². The van der Waals surface area contributed by atoms with Gasteiger partial charge in [-0.15, -0.1) is 6.58 Å². The molecule has 0 rings (SSSR count). The Balaban J connectivity index is 4.09. The summed E-state index contributed by atoms with van der Waals surface area (Å²) in [6.07, 6.45) is 2.88. The average molecular weight is 196 g/mol. The summed E-state index contributed by atoms with van der Waals surface area (Å²) in [4.78, 5) is 16.5. The summed E-state index contributed by atoms with van der Waals surface area (Å²) in [6, 6.07) is 0. The van der Waals surface area contributed by atoms with E-state index in [9.17, 15) is 4.79 Å². The Bertz CT molecular complexity index is 243. The SMILES string of the molecule is C=CCN(CCN=C(N)N)C(=O)C=C. The number of nitrogens with two attached hydrogens (primary N) is 2. The van der Waals surface area contributed by atoms with Gasteiger partial charge in [-0.3, -0.25) is 9.79 Å². The van der Waals surface area contributed by atoms with Gasteiger partial charge in [0.1, 0.15) is 0 Å². The number of guanidine groups is 1. The van der Waals surface area contributed by atoms with Crippen LogP contribution >= 0.6 is 0 Å². The molecule has 0 atom stereocenters. The number of rotatable bonds is 6. The molecule has 5 heteroatoms. The number of amides is 1. The van der Waals surface area contributed by atoms with E-state index >= 15 is 0 Å². The molecule has 0 saturated heterocycles. The third kappa shape index (κ3) is 4.97. The van der Waals surface area contributed by atoms with Gasteiger partial charge in [-0.05, 0) is 6.08 Å². The van der Waals surface area contributed by atoms with Gasteiger partial charge in [0, 0.05) is 13.1 Å². The summed E-state index contributed by atoms with van der Waals surface area (Å²) < 4.78 is 0. The number of carbonyl (C=O) groups excluding carboxylic acids is 1. The van der Waals surface area contributed by atoms with Gasteiger partial charge >= 0.3 is 0 Å². The van der Waals surface area contributed by atoms with E-state index in [2.05, 4.69) is 18.2 Å². The van der Waals surface area contributed by atoms with Crippen LogP contribution in [0.1, 0.15) is 0 Å². The molecule has 5 nitrogen and oxygen atoms in total. The van der Waals surface area contributed by atoms with Crippen molar-refractivity contribution >= 4 is 11.9 Å². The monoisotopic (exact) mass is 196 g/mol. The molecule has 0 saturated carbocycles. The molecule has 0 bridgehead atoms. The minimum Gasteiger partial charge on any atom is -0.370 e. The van der Waals surface area contributed by atoms with Crippen molar-refractivity contribution in [3.63, 3.8) is 0 Å². The van der Waals surface area contributed by atoms with Crippen molar-refractivity contribution < 1.29 is 4.79 Å². The van der Waals surface area contributed by atoms with Crippen LogP contribution in [0.4, 0.5) is 0 Å². The predicted molar refractivity (Wildman–Crippen MR) is 57.7 cm³/mol. The Labute approximate surface area is 83.8 Å². The third-order valence-electron chi connectivity index (χ3n) is 1.50. The highest BCUT2D eigenvalue weighted by Gasteiger charge is 2.06. The van der Waals surface area contributed by atoms with E-state index in [0.29, 0.717) is 19.6 Å². The second kappa shape index (κ2) is 6.71. The smallest absolute Gasteiger partial charge is 0.246 e. The standard InChI is InChI=1S/C9H16N4O/c1-3-6-13(8(14)4-2)7-5-12-9(10)11/h3-4H,1-2,5-7H2,(H4,10,11,12). The van der Waals surface area contributed by atoms with Crippen LogP contribution < -0.4 is 11.5 Å². The molecular weight excluding hydrogens is 180 g/mol. The highest BCUT2D eigenvalue weighted by atomic mass is 16.2. The molecule has 0 fully saturated rings. The van der Waals surface area contributed by atoms with Gasteiger partial charge in [-0.1, -0.05) is 12.7 Å². The predicted octanol–water partition coefficient (Wildman–Crippen LogP) is -0.540. The summed E-state index contributed by atoms with van der Waals surface area (Å²) in [5.74, 6) is -0.134. The summed E-state index contributed by atoms with van der Waals surface area (Å²) in [5, 5.41) is 0. The van der Waals surface area contributed by atoms with Gasteiger partial charge in [-0.2, -0.15) is 0 Å². The normalized spacial score (nSPS) is 8.86. The molecule has 0 aromatic heterocycles. The lowest BCUT2D eigenvalue weighted by Crippen LogP contribution is -2.33. The maximum absolute atomic E-state index is 11.2. The molecule has 0 spiro atoms. The van der Waals surface area contributed by atoms with Crippen molar-refractivity contribution in [1.29, 1.82) is 0 Å². The first-order chi connectivity index (χ1) is 6.61. The van der Waals surface area contributed by atoms with E-state index in [1.807, 2.05) is 0 Å². The number of aliphatic imine (C=N–C) groups is 1. The Morgan fingerprint density at radius 3 is 2.50 bits per heavy atom. The van der Waals surface area contributed by atoms with E-state index in [4.69, 9.17) is 11.5 Å². The first kappa shape index (κ1) is 12.2. The van der Waals surface area contributed by atoms with E-state index in [1.165, 1.54) is 6.08 Å². The highest BCUT2D eigenvalue weighted by molar-refractivity contribution is 5.87. The molecule has 0 heterocycles. The maximum atomic E-state index is 11.2. The largest absolute Gasteiger partial charge is 0.370 e. The molecule has 78 valence electrons. The zero-order valence-electron chi connectivity index (χ0n) is 8.15. The number of hydrogen-bond acceptors (Lipinski definition) is 2. The zero-order chi connectivity index (χ0) is 11.0. The van der Waals surface area contributed by atoms with Crippen LogP contribution in [0.25, 0.3) is 0 Å². The second-order valence-electron chi connectivity index (χ2n) is 2.58. The van der Waals surface area contributed by atoms with E-state index in [1.54, 1.807) is 11.0 Å². The fourth-order valence-corrected chi connectivity index (χ4v) is 0.876. The summed E-state index contributed by atoms with van der Waals surface area (Å²) >= 11 is 0. The number of hydrogen-bond donors (Lipinski definition) is 2. The Hall–Kier alpha value is -1.78. The Morgan fingerprint density at radius 1 is 1.43 bits per heavy atom. The fraction of sp³-hybridized carbons (Fsp3) is 0.333. The van der Waals surface area contributed by atoms with E-state index in [-0.39, 0.29) is 11.9 Å². The minimum absolute atomic E-state index is 0.0228. The molecule has 0 aromatic rings. The van der Waals surface area contributed by atoms with Crippen LogP contribution in [0.2, 0.25) is 0 Å². The molecule has 4 N–H and O–H groups in total. The zero-order valence-corrected chi connectivity index (χ0v) is 8.15. The minimum atomic E-state index is -0.157. The van der Waals surface area contributed by atoms with Gasteiger partial charge in [0.2, 0.25) is 5.91 Å². The number of nitrogens with zero attached hydrogens (tertiary/aromatic N) is 2. The Kier molecular flexibility index (Phi) is 5.85. The van der Waals surface area contributed by atoms with E-state index in [0.717, 1.165) is 0 Å². The van der Waals surface area contributed by atoms with Crippen LogP contribution in [-0.2, 0) is 4.79 Å². The van der Waals surface area contributed by atoms with Gasteiger partial charge in [0.05, 0.1) is 6.54 Å². The van der Waals surface area contributed by atoms with Crippen LogP contribution in [0.5, 0.6) is 0 Å². The summed E-state index contributed by atoms with van der Waals surface area (Å²) in [5.41, 5.74) is 10.3. The van der Waals surface area contributed by atoms with Crippen molar-refractivity contribution in [2.24, 2.45) is 16.5 Å². The molecule has 0 aliphatic heterocycles. The topological polar surface area (TPSA) is 84.7 Å². The van der Waals surface area contributed by atoms with Gasteiger partial charge in [-0.25, -0.2) is 0 Å². The van der Waals surface area contributed by atoms with Gasteiger partial charge < -0.3 is 16.4 Å². The molecule has 0 aliphatic rings. The lowest BCUT2D eigenvalue weighted by atomic mass is 10.4. The Morgan fingerprint density at radius 2 is 2.07 bits per heavy atom. The van der Waals surface area contributed by atoms with Crippen molar-refractivity contribution in [2.75, 3.05) is 19.6 Å². The lowest BCUT2D eigenvalue weighted by molar-refractivity contribution is -0.125. The van der Waals surface area contributed by atoms with Crippen molar-refractivity contribution in [3.8, 4) is 0 Å². The van der Waals surface area contributed by atoms with Crippen LogP contribution in [0, 0.1) is 0 Å². The fourth-order valence-electron chi connectivity index (χ4n) is 0.876. The van der Waals surface area contributed by atoms with Crippen molar-refractivity contribution in [1.82, 2.24) is 4.90 Å². The van der Waals surface area contributed by atoms with E-state index < -0.39 is 0 Å². The van der Waals surface area contributed by atoms with Crippen LogP contribution in [0.15, 0.2) is 30.3 Å². The quantitative estimate of drug-likeness (QED) is 0.259. The van der Waals surface area contributed by atoms with Crippen LogP contribution in [0.3, 0.4) is 0 Å². The number of carbonyl (C=O) groups is 1. The molecular formula is C9H16N4O. The van der Waals surface area contributed by atoms with Crippen molar-refractivity contribution in [2.45, 2.75) is 0 Å². The average Bonchev–Trinajstić information content (AvgIpc) is 2.15. The van der Waals surface area contributed by atoms with Crippen molar-refractivity contribution in [3.05, 3.63) is 25.3 Å². The molecule has 0 unspecified atom stereocenters.